The highest BCUT2D eigenvalue weighted by Gasteiger charge is 2.08. The van der Waals surface area contributed by atoms with Crippen molar-refractivity contribution in [3.8, 4) is 0 Å². The molecule has 2 aromatic heterocycles. The molecule has 0 radical (unpaired) electrons. The van der Waals surface area contributed by atoms with Gasteiger partial charge in [0.1, 0.15) is 6.54 Å². The number of nitrogens with zero attached hydrogens (tertiary/aromatic N) is 3. The van der Waals surface area contributed by atoms with E-state index in [0.717, 1.165) is 0 Å². The third kappa shape index (κ3) is 3.39. The van der Waals surface area contributed by atoms with Gasteiger partial charge in [-0.15, -0.1) is 11.3 Å². The van der Waals surface area contributed by atoms with E-state index in [1.165, 1.54) is 16.0 Å². The molecule has 2 amide bonds. The van der Waals surface area contributed by atoms with Crippen molar-refractivity contribution in [2.24, 2.45) is 5.73 Å². The zero-order chi connectivity index (χ0) is 13.0. The number of amides is 2. The van der Waals surface area contributed by atoms with E-state index < -0.39 is 5.91 Å². The Kier molecular flexibility index (Phi) is 3.68. The fraction of sp³-hybridized carbons (Fsp3) is 0.200. The van der Waals surface area contributed by atoms with Crippen LogP contribution in [-0.2, 0) is 22.6 Å². The van der Waals surface area contributed by atoms with Crippen LogP contribution < -0.4 is 11.1 Å². The molecular formula is C10H11N5O2S. The average molecular weight is 265 g/mol. The molecule has 0 aliphatic rings. The maximum Gasteiger partial charge on any atom is 0.247 e. The minimum atomic E-state index is -0.449. The molecule has 8 heteroatoms. The minimum Gasteiger partial charge on any atom is -0.369 e. The minimum absolute atomic E-state index is 0.0749. The molecule has 0 saturated carbocycles. The summed E-state index contributed by atoms with van der Waals surface area (Å²) in [6, 6.07) is 1.74. The summed E-state index contributed by atoms with van der Waals surface area (Å²) in [5.41, 5.74) is 5.61. The Bertz CT molecular complexity index is 548. The molecule has 0 aromatic carbocycles. The van der Waals surface area contributed by atoms with Crippen LogP contribution in [0.3, 0.4) is 0 Å². The van der Waals surface area contributed by atoms with Gasteiger partial charge in [0.05, 0.1) is 12.1 Å². The molecule has 2 rings (SSSR count). The summed E-state index contributed by atoms with van der Waals surface area (Å²) in [6.45, 7) is 0.123. The molecule has 0 atom stereocenters. The molecule has 0 aliphatic carbocycles. The van der Waals surface area contributed by atoms with Crippen molar-refractivity contribution in [2.45, 2.75) is 13.0 Å². The van der Waals surface area contributed by atoms with E-state index in [9.17, 15) is 9.59 Å². The first kappa shape index (κ1) is 12.2. The quantitative estimate of drug-likeness (QED) is 0.794. The second-order valence-electron chi connectivity index (χ2n) is 3.54. The van der Waals surface area contributed by atoms with Gasteiger partial charge in [-0.3, -0.25) is 14.3 Å². The smallest absolute Gasteiger partial charge is 0.247 e. The second-order valence-corrected chi connectivity index (χ2v) is 4.40. The number of thiazole rings is 1. The first-order valence-corrected chi connectivity index (χ1v) is 6.01. The lowest BCUT2D eigenvalue weighted by atomic mass is 10.3. The zero-order valence-electron chi connectivity index (χ0n) is 9.37. The second kappa shape index (κ2) is 5.41. The molecule has 0 spiro atoms. The first-order valence-electron chi connectivity index (χ1n) is 5.13. The largest absolute Gasteiger partial charge is 0.369 e. The molecule has 2 aromatic rings. The van der Waals surface area contributed by atoms with Crippen LogP contribution >= 0.6 is 11.3 Å². The SMILES string of the molecule is NC(=O)Cc1csc(NC(=O)Cn2cccn2)n1. The average Bonchev–Trinajstić information content (AvgIpc) is 2.89. The van der Waals surface area contributed by atoms with Crippen molar-refractivity contribution in [1.29, 1.82) is 0 Å². The maximum atomic E-state index is 11.6. The number of carbonyl (C=O) groups is 2. The molecule has 7 nitrogen and oxygen atoms in total. The Hall–Kier alpha value is -2.22. The number of hydrogen-bond donors (Lipinski definition) is 2. The van der Waals surface area contributed by atoms with Crippen LogP contribution in [0.4, 0.5) is 5.13 Å². The molecule has 94 valence electrons. The van der Waals surface area contributed by atoms with Gasteiger partial charge in [0.2, 0.25) is 11.8 Å². The number of nitrogens with one attached hydrogen (secondary N) is 1. The topological polar surface area (TPSA) is 103 Å². The van der Waals surface area contributed by atoms with Gasteiger partial charge in [-0.2, -0.15) is 5.10 Å². The molecule has 3 N–H and O–H groups in total. The lowest BCUT2D eigenvalue weighted by Gasteiger charge is -2.01. The lowest BCUT2D eigenvalue weighted by Crippen LogP contribution is -2.19. The summed E-state index contributed by atoms with van der Waals surface area (Å²) < 4.78 is 1.51. The van der Waals surface area contributed by atoms with Crippen LogP contribution in [0.25, 0.3) is 0 Å². The maximum absolute atomic E-state index is 11.6. The molecule has 0 saturated heterocycles. The van der Waals surface area contributed by atoms with Crippen LogP contribution in [0, 0.1) is 0 Å². The molecule has 18 heavy (non-hydrogen) atoms. The van der Waals surface area contributed by atoms with E-state index in [-0.39, 0.29) is 18.9 Å². The third-order valence-corrected chi connectivity index (χ3v) is 2.82. The Morgan fingerprint density at radius 2 is 2.33 bits per heavy atom. The monoisotopic (exact) mass is 265 g/mol. The normalized spacial score (nSPS) is 10.2. The van der Waals surface area contributed by atoms with Gasteiger partial charge < -0.3 is 11.1 Å². The molecule has 0 fully saturated rings. The number of nitrogens with two attached hydrogens (primary N) is 1. The fourth-order valence-corrected chi connectivity index (χ4v) is 2.05. The summed E-state index contributed by atoms with van der Waals surface area (Å²) in [5.74, 6) is -0.673. The summed E-state index contributed by atoms with van der Waals surface area (Å²) in [5, 5.41) is 8.69. The molecule has 2 heterocycles. The van der Waals surface area contributed by atoms with Gasteiger partial charge in [0, 0.05) is 17.8 Å². The summed E-state index contributed by atoms with van der Waals surface area (Å²) in [6.07, 6.45) is 3.37. The van der Waals surface area contributed by atoms with Gasteiger partial charge in [-0.05, 0) is 6.07 Å². The van der Waals surface area contributed by atoms with Gasteiger partial charge >= 0.3 is 0 Å². The van der Waals surface area contributed by atoms with E-state index >= 15 is 0 Å². The Labute approximate surface area is 107 Å². The predicted octanol–water partition coefficient (Wildman–Crippen LogP) is 0.00610. The van der Waals surface area contributed by atoms with Crippen LogP contribution in [0.5, 0.6) is 0 Å². The molecule has 0 aliphatic heterocycles. The highest BCUT2D eigenvalue weighted by atomic mass is 32.1. The summed E-state index contributed by atoms with van der Waals surface area (Å²) in [7, 11) is 0. The standard InChI is InChI=1S/C10H11N5O2S/c11-8(16)4-7-6-18-10(13-7)14-9(17)5-15-3-1-2-12-15/h1-3,6H,4-5H2,(H2,11,16)(H,13,14,17). The van der Waals surface area contributed by atoms with Crippen LogP contribution in [0.2, 0.25) is 0 Å². The van der Waals surface area contributed by atoms with Crippen molar-refractivity contribution in [1.82, 2.24) is 14.8 Å². The number of anilines is 1. The van der Waals surface area contributed by atoms with E-state index in [4.69, 9.17) is 5.73 Å². The highest BCUT2D eigenvalue weighted by Crippen LogP contribution is 2.15. The third-order valence-electron chi connectivity index (χ3n) is 2.02. The van der Waals surface area contributed by atoms with E-state index in [1.807, 2.05) is 0 Å². The lowest BCUT2D eigenvalue weighted by molar-refractivity contribution is -0.118. The van der Waals surface area contributed by atoms with Gasteiger partial charge in [-0.1, -0.05) is 0 Å². The zero-order valence-corrected chi connectivity index (χ0v) is 10.2. The van der Waals surface area contributed by atoms with Gasteiger partial charge in [0.25, 0.3) is 0 Å². The predicted molar refractivity (Wildman–Crippen MR) is 65.9 cm³/mol. The number of hydrogen-bond acceptors (Lipinski definition) is 5. The van der Waals surface area contributed by atoms with Crippen LogP contribution in [0.15, 0.2) is 23.8 Å². The first-order chi connectivity index (χ1) is 8.63. The summed E-state index contributed by atoms with van der Waals surface area (Å²) >= 11 is 1.25. The van der Waals surface area contributed by atoms with Crippen molar-refractivity contribution >= 4 is 28.3 Å². The Morgan fingerprint density at radius 3 is 3.00 bits per heavy atom. The Morgan fingerprint density at radius 1 is 1.50 bits per heavy atom. The van der Waals surface area contributed by atoms with Crippen molar-refractivity contribution in [3.63, 3.8) is 0 Å². The number of rotatable bonds is 5. The van der Waals surface area contributed by atoms with Crippen molar-refractivity contribution in [2.75, 3.05) is 5.32 Å². The number of aromatic nitrogens is 3. The molecule has 0 unspecified atom stereocenters. The van der Waals surface area contributed by atoms with Crippen LogP contribution in [-0.4, -0.2) is 26.6 Å². The highest BCUT2D eigenvalue weighted by molar-refractivity contribution is 7.13. The van der Waals surface area contributed by atoms with E-state index in [2.05, 4.69) is 15.4 Å². The Balaban J connectivity index is 1.91. The van der Waals surface area contributed by atoms with Crippen molar-refractivity contribution < 1.29 is 9.59 Å². The van der Waals surface area contributed by atoms with Crippen molar-refractivity contribution in [3.05, 3.63) is 29.5 Å². The summed E-state index contributed by atoms with van der Waals surface area (Å²) in [4.78, 5) is 26.4. The van der Waals surface area contributed by atoms with E-state index in [0.29, 0.717) is 10.8 Å². The molecular weight excluding hydrogens is 254 g/mol. The van der Waals surface area contributed by atoms with E-state index in [1.54, 1.807) is 23.8 Å². The number of primary amides is 1. The van der Waals surface area contributed by atoms with Gasteiger partial charge in [-0.25, -0.2) is 4.98 Å². The number of carbonyl (C=O) groups excluding carboxylic acids is 2. The van der Waals surface area contributed by atoms with Gasteiger partial charge in [0.15, 0.2) is 5.13 Å². The fourth-order valence-electron chi connectivity index (χ4n) is 1.32. The van der Waals surface area contributed by atoms with Crippen LogP contribution in [0.1, 0.15) is 5.69 Å². The molecule has 0 bridgehead atoms.